The summed E-state index contributed by atoms with van der Waals surface area (Å²) < 4.78 is 5.51. The maximum absolute atomic E-state index is 5.51. The average molecular weight is 261 g/mol. The van der Waals surface area contributed by atoms with Crippen molar-refractivity contribution in [3.8, 4) is 5.75 Å². The van der Waals surface area contributed by atoms with Crippen molar-refractivity contribution in [3.05, 3.63) is 29.8 Å². The van der Waals surface area contributed by atoms with Crippen LogP contribution < -0.4 is 10.1 Å². The Morgan fingerprint density at radius 2 is 2.11 bits per heavy atom. The number of ether oxygens (including phenoxy) is 1. The molecule has 1 aliphatic rings. The van der Waals surface area contributed by atoms with E-state index in [1.807, 2.05) is 6.07 Å². The van der Waals surface area contributed by atoms with Crippen LogP contribution in [0.2, 0.25) is 0 Å². The highest BCUT2D eigenvalue weighted by Gasteiger charge is 2.38. The van der Waals surface area contributed by atoms with Gasteiger partial charge in [-0.05, 0) is 54.8 Å². The first-order chi connectivity index (χ1) is 9.07. The molecule has 0 aliphatic carbocycles. The lowest BCUT2D eigenvalue weighted by molar-refractivity contribution is 0.0894. The number of benzene rings is 1. The minimum absolute atomic E-state index is 0.369. The van der Waals surface area contributed by atoms with Crippen LogP contribution >= 0.6 is 0 Å². The van der Waals surface area contributed by atoms with E-state index in [2.05, 4.69) is 44.3 Å². The summed E-state index contributed by atoms with van der Waals surface area (Å²) in [5.41, 5.74) is 1.72. The molecule has 106 valence electrons. The van der Waals surface area contributed by atoms with E-state index < -0.39 is 0 Å². The molecule has 2 rings (SSSR count). The van der Waals surface area contributed by atoms with E-state index in [-0.39, 0.29) is 0 Å². The number of para-hydroxylation sites is 1. The molecule has 0 aromatic heterocycles. The smallest absolute Gasteiger partial charge is 0.122 e. The van der Waals surface area contributed by atoms with E-state index in [0.717, 1.165) is 31.2 Å². The monoisotopic (exact) mass is 261 g/mol. The molecule has 1 aromatic carbocycles. The fraction of sp³-hybridized carbons (Fsp3) is 0.647. The van der Waals surface area contributed by atoms with Crippen molar-refractivity contribution in [3.63, 3.8) is 0 Å². The van der Waals surface area contributed by atoms with E-state index >= 15 is 0 Å². The summed E-state index contributed by atoms with van der Waals surface area (Å²) in [6, 6.07) is 8.45. The van der Waals surface area contributed by atoms with E-state index in [1.54, 1.807) is 7.11 Å². The first kappa shape index (κ1) is 14.4. The third kappa shape index (κ3) is 3.11. The van der Waals surface area contributed by atoms with Crippen LogP contribution in [0.4, 0.5) is 0 Å². The summed E-state index contributed by atoms with van der Waals surface area (Å²) in [7, 11) is 1.77. The third-order valence-corrected chi connectivity index (χ3v) is 4.72. The lowest BCUT2D eigenvalue weighted by Gasteiger charge is -2.44. The fourth-order valence-corrected chi connectivity index (χ4v) is 3.61. The Hall–Kier alpha value is -1.02. The van der Waals surface area contributed by atoms with Crippen LogP contribution in [0.1, 0.15) is 32.8 Å². The molecule has 1 saturated heterocycles. The molecule has 2 atom stereocenters. The van der Waals surface area contributed by atoms with Gasteiger partial charge in [-0.15, -0.1) is 0 Å². The second-order valence-electron chi connectivity index (χ2n) is 6.45. The lowest BCUT2D eigenvalue weighted by Crippen LogP contribution is -2.47. The summed E-state index contributed by atoms with van der Waals surface area (Å²) in [5, 5.41) is 3.55. The van der Waals surface area contributed by atoms with Crippen LogP contribution in [-0.2, 0) is 6.42 Å². The van der Waals surface area contributed by atoms with Gasteiger partial charge in [0.15, 0.2) is 0 Å². The van der Waals surface area contributed by atoms with Crippen molar-refractivity contribution < 1.29 is 4.74 Å². The van der Waals surface area contributed by atoms with Gasteiger partial charge in [-0.3, -0.25) is 0 Å². The van der Waals surface area contributed by atoms with Gasteiger partial charge in [-0.1, -0.05) is 39.0 Å². The number of nitrogens with one attached hydrogen (secondary N) is 1. The van der Waals surface area contributed by atoms with Crippen molar-refractivity contribution in [1.29, 1.82) is 0 Å². The van der Waals surface area contributed by atoms with Crippen LogP contribution in [0.3, 0.4) is 0 Å². The van der Waals surface area contributed by atoms with Gasteiger partial charge in [-0.2, -0.15) is 0 Å². The Morgan fingerprint density at radius 1 is 1.37 bits per heavy atom. The zero-order valence-electron chi connectivity index (χ0n) is 12.7. The summed E-state index contributed by atoms with van der Waals surface area (Å²) in [4.78, 5) is 0. The lowest BCUT2D eigenvalue weighted by atomic mass is 9.64. The Balaban J connectivity index is 2.23. The topological polar surface area (TPSA) is 21.3 Å². The minimum Gasteiger partial charge on any atom is -0.496 e. The number of rotatable bonds is 4. The van der Waals surface area contributed by atoms with Crippen molar-refractivity contribution in [2.24, 2.45) is 17.3 Å². The van der Waals surface area contributed by atoms with Gasteiger partial charge in [-0.25, -0.2) is 0 Å². The van der Waals surface area contributed by atoms with Crippen molar-refractivity contribution in [2.75, 3.05) is 20.2 Å². The Labute approximate surface area is 117 Å². The molecule has 0 spiro atoms. The van der Waals surface area contributed by atoms with Gasteiger partial charge < -0.3 is 10.1 Å². The van der Waals surface area contributed by atoms with E-state index in [0.29, 0.717) is 11.3 Å². The highest BCUT2D eigenvalue weighted by Crippen LogP contribution is 2.42. The molecule has 1 heterocycles. The average Bonchev–Trinajstić information content (AvgIpc) is 2.39. The Bertz CT molecular complexity index is 415. The predicted octanol–water partition coefficient (Wildman–Crippen LogP) is 3.51. The van der Waals surface area contributed by atoms with Crippen LogP contribution in [0, 0.1) is 17.3 Å². The molecule has 0 bridgehead atoms. The molecule has 1 fully saturated rings. The maximum Gasteiger partial charge on any atom is 0.122 e. The van der Waals surface area contributed by atoms with Crippen LogP contribution in [0.15, 0.2) is 24.3 Å². The number of piperidine rings is 1. The molecular weight excluding hydrogens is 234 g/mol. The van der Waals surface area contributed by atoms with Crippen molar-refractivity contribution >= 4 is 0 Å². The van der Waals surface area contributed by atoms with E-state index in [9.17, 15) is 0 Å². The van der Waals surface area contributed by atoms with Gasteiger partial charge >= 0.3 is 0 Å². The van der Waals surface area contributed by atoms with Gasteiger partial charge in [0.25, 0.3) is 0 Å². The number of hydrogen-bond acceptors (Lipinski definition) is 2. The number of hydrogen-bond donors (Lipinski definition) is 1. The second kappa shape index (κ2) is 5.96. The zero-order chi connectivity index (χ0) is 13.9. The fourth-order valence-electron chi connectivity index (χ4n) is 3.61. The zero-order valence-corrected chi connectivity index (χ0v) is 12.7. The Kier molecular flexibility index (Phi) is 4.51. The van der Waals surface area contributed by atoms with Gasteiger partial charge in [0.2, 0.25) is 0 Å². The molecule has 1 N–H and O–H groups in total. The highest BCUT2D eigenvalue weighted by molar-refractivity contribution is 5.34. The predicted molar refractivity (Wildman–Crippen MR) is 80.6 cm³/mol. The molecule has 1 aromatic rings. The summed E-state index contributed by atoms with van der Waals surface area (Å²) in [6.07, 6.45) is 2.36. The molecule has 1 aliphatic heterocycles. The molecular formula is C17H27NO. The van der Waals surface area contributed by atoms with Gasteiger partial charge in [0.1, 0.15) is 5.75 Å². The quantitative estimate of drug-likeness (QED) is 0.895. The first-order valence-corrected chi connectivity index (χ1v) is 7.39. The normalized spacial score (nSPS) is 27.5. The molecule has 0 radical (unpaired) electrons. The molecule has 19 heavy (non-hydrogen) atoms. The Morgan fingerprint density at radius 3 is 2.79 bits per heavy atom. The van der Waals surface area contributed by atoms with Crippen LogP contribution in [-0.4, -0.2) is 20.2 Å². The third-order valence-electron chi connectivity index (χ3n) is 4.72. The van der Waals surface area contributed by atoms with E-state index in [1.165, 1.54) is 12.0 Å². The summed E-state index contributed by atoms with van der Waals surface area (Å²) >= 11 is 0. The molecule has 2 nitrogen and oxygen atoms in total. The van der Waals surface area contributed by atoms with Gasteiger partial charge in [0.05, 0.1) is 7.11 Å². The maximum atomic E-state index is 5.51. The summed E-state index contributed by atoms with van der Waals surface area (Å²) in [6.45, 7) is 9.42. The van der Waals surface area contributed by atoms with Crippen molar-refractivity contribution in [1.82, 2.24) is 5.32 Å². The number of methoxy groups -OCH3 is 1. The molecule has 0 amide bonds. The second-order valence-corrected chi connectivity index (χ2v) is 6.45. The summed E-state index contributed by atoms with van der Waals surface area (Å²) in [5.74, 6) is 2.48. The van der Waals surface area contributed by atoms with Gasteiger partial charge in [0, 0.05) is 0 Å². The molecule has 0 saturated carbocycles. The van der Waals surface area contributed by atoms with Crippen LogP contribution in [0.25, 0.3) is 0 Å². The van der Waals surface area contributed by atoms with E-state index in [4.69, 9.17) is 4.74 Å². The standard InChI is InChI=1S/C17H27NO/c1-13(2)15-12-18-10-9-17(15,3)11-14-7-5-6-8-16(14)19-4/h5-8,13,15,18H,9-12H2,1-4H3. The molecule has 2 unspecified atom stereocenters. The van der Waals surface area contributed by atoms with Crippen LogP contribution in [0.5, 0.6) is 5.75 Å². The van der Waals surface area contributed by atoms with Crippen molar-refractivity contribution in [2.45, 2.75) is 33.6 Å². The largest absolute Gasteiger partial charge is 0.496 e. The SMILES string of the molecule is COc1ccccc1CC1(C)CCNCC1C(C)C. The first-order valence-electron chi connectivity index (χ1n) is 7.39. The molecule has 2 heteroatoms. The minimum atomic E-state index is 0.369. The highest BCUT2D eigenvalue weighted by atomic mass is 16.5.